The van der Waals surface area contributed by atoms with Crippen LogP contribution in [0.4, 0.5) is 5.13 Å². The molecule has 0 bridgehead atoms. The van der Waals surface area contributed by atoms with Gasteiger partial charge in [0.05, 0.1) is 12.6 Å². The molecule has 1 aliphatic heterocycles. The van der Waals surface area contributed by atoms with Gasteiger partial charge in [0, 0.05) is 31.2 Å². The molecular weight excluding hydrogens is 238 g/mol. The number of piperazine rings is 1. The Bertz CT molecular complexity index is 413. The van der Waals surface area contributed by atoms with Crippen LogP contribution in [0.5, 0.6) is 0 Å². The summed E-state index contributed by atoms with van der Waals surface area (Å²) in [7, 11) is 0. The van der Waals surface area contributed by atoms with Gasteiger partial charge >= 0.3 is 0 Å². The number of hydrogen-bond donors (Lipinski definition) is 2. The van der Waals surface area contributed by atoms with E-state index in [9.17, 15) is 4.79 Å². The highest BCUT2D eigenvalue weighted by Gasteiger charge is 2.23. The number of rotatable bonds is 3. The van der Waals surface area contributed by atoms with Crippen molar-refractivity contribution in [3.05, 3.63) is 11.6 Å². The van der Waals surface area contributed by atoms with Gasteiger partial charge in [0.1, 0.15) is 6.04 Å². The van der Waals surface area contributed by atoms with E-state index in [-0.39, 0.29) is 18.5 Å². The van der Waals surface area contributed by atoms with Crippen molar-refractivity contribution >= 4 is 22.4 Å². The van der Waals surface area contributed by atoms with Gasteiger partial charge in [0.25, 0.3) is 0 Å². The van der Waals surface area contributed by atoms with Crippen LogP contribution in [0.2, 0.25) is 0 Å². The zero-order valence-electron chi connectivity index (χ0n) is 9.22. The van der Waals surface area contributed by atoms with Gasteiger partial charge in [0.15, 0.2) is 5.13 Å². The lowest BCUT2D eigenvalue weighted by Crippen LogP contribution is -2.52. The van der Waals surface area contributed by atoms with Gasteiger partial charge in [-0.05, 0) is 0 Å². The fraction of sp³-hybridized carbons (Fsp3) is 0.500. The van der Waals surface area contributed by atoms with E-state index in [1.165, 1.54) is 11.3 Å². The molecular formula is C10H13N5OS. The van der Waals surface area contributed by atoms with Crippen LogP contribution < -0.4 is 10.6 Å². The van der Waals surface area contributed by atoms with Crippen LogP contribution >= 0.6 is 11.3 Å². The van der Waals surface area contributed by atoms with E-state index in [2.05, 4.69) is 21.7 Å². The zero-order chi connectivity index (χ0) is 12.1. The second-order valence-electron chi connectivity index (χ2n) is 3.70. The molecule has 1 fully saturated rings. The molecule has 2 N–H and O–H groups in total. The number of anilines is 1. The molecule has 1 saturated heterocycles. The normalized spacial score (nSPS) is 20.8. The molecule has 2 heterocycles. The van der Waals surface area contributed by atoms with Crippen LogP contribution in [0.3, 0.4) is 0 Å². The second kappa shape index (κ2) is 5.72. The average Bonchev–Trinajstić information content (AvgIpc) is 2.82. The third kappa shape index (κ3) is 3.23. The first-order chi connectivity index (χ1) is 8.29. The fourth-order valence-corrected chi connectivity index (χ4v) is 2.24. The molecule has 7 heteroatoms. The minimum absolute atomic E-state index is 0.123. The van der Waals surface area contributed by atoms with Crippen molar-refractivity contribution in [2.75, 3.05) is 31.5 Å². The second-order valence-corrected chi connectivity index (χ2v) is 4.60. The summed E-state index contributed by atoms with van der Waals surface area (Å²) in [6.07, 6.45) is 1.64. The maximum atomic E-state index is 11.7. The molecule has 0 radical (unpaired) electrons. The van der Waals surface area contributed by atoms with E-state index in [1.807, 2.05) is 4.90 Å². The molecule has 6 nitrogen and oxygen atoms in total. The molecule has 0 saturated carbocycles. The summed E-state index contributed by atoms with van der Waals surface area (Å²) in [6, 6.07) is 1.96. The van der Waals surface area contributed by atoms with Crippen molar-refractivity contribution in [3.8, 4) is 6.07 Å². The summed E-state index contributed by atoms with van der Waals surface area (Å²) in [5.74, 6) is -0.123. The number of aromatic nitrogens is 1. The van der Waals surface area contributed by atoms with Crippen LogP contribution in [0.25, 0.3) is 0 Å². The van der Waals surface area contributed by atoms with Crippen LogP contribution in [0.15, 0.2) is 11.6 Å². The number of amides is 1. The summed E-state index contributed by atoms with van der Waals surface area (Å²) in [5.41, 5.74) is 0. The molecule has 17 heavy (non-hydrogen) atoms. The van der Waals surface area contributed by atoms with Crippen molar-refractivity contribution in [2.45, 2.75) is 6.04 Å². The third-order valence-electron chi connectivity index (χ3n) is 2.53. The van der Waals surface area contributed by atoms with Gasteiger partial charge in [-0.3, -0.25) is 9.69 Å². The van der Waals surface area contributed by atoms with Crippen LogP contribution in [-0.4, -0.2) is 48.0 Å². The number of nitrogens with zero attached hydrogens (tertiary/aromatic N) is 3. The molecule has 90 valence electrons. The van der Waals surface area contributed by atoms with E-state index < -0.39 is 0 Å². The van der Waals surface area contributed by atoms with Crippen LogP contribution in [0.1, 0.15) is 0 Å². The number of nitrogens with one attached hydrogen (secondary N) is 2. The Hall–Kier alpha value is -1.49. The molecule has 0 spiro atoms. The SMILES string of the molecule is N#CC1CNCCN1CC(=O)Nc1nccs1. The zero-order valence-corrected chi connectivity index (χ0v) is 10.0. The summed E-state index contributed by atoms with van der Waals surface area (Å²) in [4.78, 5) is 17.6. The van der Waals surface area contributed by atoms with Gasteiger partial charge in [0.2, 0.25) is 5.91 Å². The molecule has 1 aliphatic rings. The van der Waals surface area contributed by atoms with Gasteiger partial charge in [-0.2, -0.15) is 5.26 Å². The highest BCUT2D eigenvalue weighted by Crippen LogP contribution is 2.10. The molecule has 1 atom stereocenters. The van der Waals surface area contributed by atoms with Crippen molar-refractivity contribution in [1.29, 1.82) is 5.26 Å². The fourth-order valence-electron chi connectivity index (χ4n) is 1.69. The highest BCUT2D eigenvalue weighted by atomic mass is 32.1. The van der Waals surface area contributed by atoms with Crippen molar-refractivity contribution in [2.24, 2.45) is 0 Å². The molecule has 0 aromatic carbocycles. The van der Waals surface area contributed by atoms with Gasteiger partial charge in [-0.25, -0.2) is 4.98 Å². The maximum Gasteiger partial charge on any atom is 0.240 e. The van der Waals surface area contributed by atoms with E-state index in [1.54, 1.807) is 11.6 Å². The van der Waals surface area contributed by atoms with Gasteiger partial charge in [-0.1, -0.05) is 0 Å². The molecule has 2 rings (SSSR count). The predicted octanol–water partition coefficient (Wildman–Crippen LogP) is -0.121. The average molecular weight is 251 g/mol. The van der Waals surface area contributed by atoms with Crippen LogP contribution in [-0.2, 0) is 4.79 Å². The monoisotopic (exact) mass is 251 g/mol. The first-order valence-electron chi connectivity index (χ1n) is 5.33. The van der Waals surface area contributed by atoms with E-state index in [4.69, 9.17) is 5.26 Å². The lowest BCUT2D eigenvalue weighted by Gasteiger charge is -2.30. The quantitative estimate of drug-likeness (QED) is 0.782. The summed E-state index contributed by atoms with van der Waals surface area (Å²) >= 11 is 1.38. The smallest absolute Gasteiger partial charge is 0.240 e. The highest BCUT2D eigenvalue weighted by molar-refractivity contribution is 7.13. The van der Waals surface area contributed by atoms with E-state index >= 15 is 0 Å². The topological polar surface area (TPSA) is 81.0 Å². The van der Waals surface area contributed by atoms with Crippen molar-refractivity contribution < 1.29 is 4.79 Å². The lowest BCUT2D eigenvalue weighted by molar-refractivity contribution is -0.117. The van der Waals surface area contributed by atoms with E-state index in [0.29, 0.717) is 18.2 Å². The molecule has 1 amide bonds. The predicted molar refractivity (Wildman–Crippen MR) is 64.6 cm³/mol. The molecule has 1 aromatic rings. The largest absolute Gasteiger partial charge is 0.313 e. The minimum Gasteiger partial charge on any atom is -0.313 e. The number of carbonyl (C=O) groups excluding carboxylic acids is 1. The molecule has 0 aliphatic carbocycles. The Balaban J connectivity index is 1.87. The standard InChI is InChI=1S/C10H13N5OS/c11-5-8-6-12-1-3-15(8)7-9(16)14-10-13-2-4-17-10/h2,4,8,12H,1,3,6-7H2,(H,13,14,16). The summed E-state index contributed by atoms with van der Waals surface area (Å²) < 4.78 is 0. The Labute approximate surface area is 103 Å². The summed E-state index contributed by atoms with van der Waals surface area (Å²) in [5, 5.41) is 17.2. The maximum absolute atomic E-state index is 11.7. The first kappa shape index (κ1) is 12.0. The number of nitriles is 1. The summed E-state index contributed by atoms with van der Waals surface area (Å²) in [6.45, 7) is 2.37. The minimum atomic E-state index is -0.231. The third-order valence-corrected chi connectivity index (χ3v) is 3.22. The van der Waals surface area contributed by atoms with Gasteiger partial charge in [-0.15, -0.1) is 11.3 Å². The Kier molecular flexibility index (Phi) is 4.03. The number of carbonyl (C=O) groups is 1. The lowest BCUT2D eigenvalue weighted by atomic mass is 10.2. The Morgan fingerprint density at radius 2 is 2.71 bits per heavy atom. The Morgan fingerprint density at radius 3 is 3.41 bits per heavy atom. The molecule has 1 unspecified atom stereocenters. The molecule has 1 aromatic heterocycles. The number of hydrogen-bond acceptors (Lipinski definition) is 6. The van der Waals surface area contributed by atoms with Gasteiger partial charge < -0.3 is 10.6 Å². The van der Waals surface area contributed by atoms with Crippen molar-refractivity contribution in [1.82, 2.24) is 15.2 Å². The van der Waals surface area contributed by atoms with Crippen LogP contribution in [0, 0.1) is 11.3 Å². The number of thiazole rings is 1. The van der Waals surface area contributed by atoms with E-state index in [0.717, 1.165) is 6.54 Å². The first-order valence-corrected chi connectivity index (χ1v) is 6.21. The Morgan fingerprint density at radius 1 is 1.82 bits per heavy atom. The van der Waals surface area contributed by atoms with Crippen molar-refractivity contribution in [3.63, 3.8) is 0 Å².